The van der Waals surface area contributed by atoms with Gasteiger partial charge < -0.3 is 14.1 Å². The first-order chi connectivity index (χ1) is 7.54. The van der Waals surface area contributed by atoms with Gasteiger partial charge in [0, 0.05) is 20.7 Å². The summed E-state index contributed by atoms with van der Waals surface area (Å²) < 4.78 is 9.99. The van der Waals surface area contributed by atoms with Crippen LogP contribution in [-0.2, 0) is 4.74 Å². The van der Waals surface area contributed by atoms with E-state index in [-0.39, 0.29) is 11.3 Å². The number of carbonyl (C=O) groups is 1. The number of ether oxygens (including phenoxy) is 1. The predicted molar refractivity (Wildman–Crippen MR) is 61.9 cm³/mol. The van der Waals surface area contributed by atoms with E-state index in [1.54, 1.807) is 32.0 Å². The van der Waals surface area contributed by atoms with Crippen LogP contribution in [0.1, 0.15) is 16.1 Å². The standard InChI is InChI=1S/C11H16ClNO3/c1-8-4-9(6-16-8)11(14)13(2)5-10(12)7-15-3/h4,6,10H,5,7H2,1-3H3. The Balaban J connectivity index is 2.54. The zero-order chi connectivity index (χ0) is 12.1. The normalized spacial score (nSPS) is 12.5. The molecule has 0 radical (unpaired) electrons. The number of methoxy groups -OCH3 is 1. The van der Waals surface area contributed by atoms with Crippen LogP contribution in [0.25, 0.3) is 0 Å². The summed E-state index contributed by atoms with van der Waals surface area (Å²) in [5.41, 5.74) is 0.543. The van der Waals surface area contributed by atoms with Gasteiger partial charge >= 0.3 is 0 Å². The van der Waals surface area contributed by atoms with Crippen LogP contribution in [0.5, 0.6) is 0 Å². The number of amides is 1. The van der Waals surface area contributed by atoms with Crippen LogP contribution in [0.3, 0.4) is 0 Å². The molecule has 0 aliphatic carbocycles. The van der Waals surface area contributed by atoms with E-state index in [9.17, 15) is 4.79 Å². The third-order valence-corrected chi connectivity index (χ3v) is 2.41. The molecule has 1 heterocycles. The minimum atomic E-state index is -0.202. The highest BCUT2D eigenvalue weighted by Crippen LogP contribution is 2.10. The minimum Gasteiger partial charge on any atom is -0.469 e. The minimum absolute atomic E-state index is 0.0985. The number of nitrogens with zero attached hydrogens (tertiary/aromatic N) is 1. The van der Waals surface area contributed by atoms with Gasteiger partial charge in [0.15, 0.2) is 0 Å². The fourth-order valence-corrected chi connectivity index (χ4v) is 1.72. The van der Waals surface area contributed by atoms with Crippen molar-refractivity contribution in [3.63, 3.8) is 0 Å². The van der Waals surface area contributed by atoms with Crippen molar-refractivity contribution in [3.8, 4) is 0 Å². The van der Waals surface area contributed by atoms with E-state index in [0.29, 0.717) is 18.7 Å². The maximum Gasteiger partial charge on any atom is 0.256 e. The smallest absolute Gasteiger partial charge is 0.256 e. The van der Waals surface area contributed by atoms with E-state index in [2.05, 4.69) is 0 Å². The topological polar surface area (TPSA) is 42.7 Å². The molecule has 1 rings (SSSR count). The summed E-state index contributed by atoms with van der Waals surface area (Å²) in [6.45, 7) is 2.66. The molecule has 90 valence electrons. The molecule has 0 spiro atoms. The lowest BCUT2D eigenvalue weighted by molar-refractivity contribution is 0.0781. The van der Waals surface area contributed by atoms with Crippen LogP contribution < -0.4 is 0 Å². The second kappa shape index (κ2) is 5.92. The third-order valence-electron chi connectivity index (χ3n) is 2.14. The molecular formula is C11H16ClNO3. The molecule has 0 aliphatic rings. The van der Waals surface area contributed by atoms with Gasteiger partial charge in [-0.3, -0.25) is 4.79 Å². The summed E-state index contributed by atoms with van der Waals surface area (Å²) in [6.07, 6.45) is 1.45. The Morgan fingerprint density at radius 1 is 1.69 bits per heavy atom. The second-order valence-corrected chi connectivity index (χ2v) is 4.30. The first-order valence-electron chi connectivity index (χ1n) is 4.98. The molecule has 0 bridgehead atoms. The van der Waals surface area contributed by atoms with Gasteiger partial charge in [0.2, 0.25) is 0 Å². The molecule has 1 unspecified atom stereocenters. The molecule has 0 N–H and O–H groups in total. The number of hydrogen-bond donors (Lipinski definition) is 0. The molecule has 0 aliphatic heterocycles. The van der Waals surface area contributed by atoms with Crippen LogP contribution >= 0.6 is 11.6 Å². The number of alkyl halides is 1. The first kappa shape index (κ1) is 13.1. The van der Waals surface area contributed by atoms with Gasteiger partial charge in [0.05, 0.1) is 17.5 Å². The van der Waals surface area contributed by atoms with Gasteiger partial charge in [-0.2, -0.15) is 0 Å². The monoisotopic (exact) mass is 245 g/mol. The Kier molecular flexibility index (Phi) is 4.83. The van der Waals surface area contributed by atoms with E-state index in [0.717, 1.165) is 5.76 Å². The number of rotatable bonds is 5. The van der Waals surface area contributed by atoms with E-state index in [1.807, 2.05) is 0 Å². The van der Waals surface area contributed by atoms with Crippen LogP contribution in [0.2, 0.25) is 0 Å². The molecule has 0 aromatic carbocycles. The molecule has 0 saturated carbocycles. The van der Waals surface area contributed by atoms with E-state index >= 15 is 0 Å². The number of hydrogen-bond acceptors (Lipinski definition) is 3. The van der Waals surface area contributed by atoms with Gasteiger partial charge in [-0.25, -0.2) is 0 Å². The first-order valence-corrected chi connectivity index (χ1v) is 5.42. The third kappa shape index (κ3) is 3.54. The predicted octanol–water partition coefficient (Wildman–Crippen LogP) is 1.91. The number of aryl methyl sites for hydroxylation is 1. The summed E-state index contributed by atoms with van der Waals surface area (Å²) in [6, 6.07) is 1.71. The number of furan rings is 1. The van der Waals surface area contributed by atoms with Gasteiger partial charge in [-0.05, 0) is 13.0 Å². The van der Waals surface area contributed by atoms with Gasteiger partial charge in [0.1, 0.15) is 12.0 Å². The summed E-state index contributed by atoms with van der Waals surface area (Å²) in [5, 5.41) is -0.202. The molecule has 1 amide bonds. The van der Waals surface area contributed by atoms with E-state index in [4.69, 9.17) is 20.8 Å². The summed E-state index contributed by atoms with van der Waals surface area (Å²) in [5.74, 6) is 0.620. The van der Waals surface area contributed by atoms with Crippen molar-refractivity contribution >= 4 is 17.5 Å². The molecule has 5 heteroatoms. The average molecular weight is 246 g/mol. The average Bonchev–Trinajstić information content (AvgIpc) is 2.64. The van der Waals surface area contributed by atoms with Crippen molar-refractivity contribution in [3.05, 3.63) is 23.7 Å². The Hall–Kier alpha value is -1.00. The van der Waals surface area contributed by atoms with Gasteiger partial charge in [0.25, 0.3) is 5.91 Å². The molecule has 1 atom stereocenters. The van der Waals surface area contributed by atoms with Crippen LogP contribution in [-0.4, -0.2) is 43.5 Å². The lowest BCUT2D eigenvalue weighted by Crippen LogP contribution is -2.33. The van der Waals surface area contributed by atoms with Crippen LogP contribution in [0, 0.1) is 6.92 Å². The maximum atomic E-state index is 11.9. The van der Waals surface area contributed by atoms with Crippen LogP contribution in [0.4, 0.5) is 0 Å². The Bertz CT molecular complexity index is 351. The Labute approximate surface area is 100 Å². The lowest BCUT2D eigenvalue weighted by Gasteiger charge is -2.19. The Morgan fingerprint density at radius 3 is 2.88 bits per heavy atom. The SMILES string of the molecule is COCC(Cl)CN(C)C(=O)c1coc(C)c1. The van der Waals surface area contributed by atoms with Crippen molar-refractivity contribution in [1.29, 1.82) is 0 Å². The fraction of sp³-hybridized carbons (Fsp3) is 0.545. The van der Waals surface area contributed by atoms with Crippen molar-refractivity contribution in [1.82, 2.24) is 4.90 Å². The molecule has 0 saturated heterocycles. The van der Waals surface area contributed by atoms with E-state index < -0.39 is 0 Å². The number of carbonyl (C=O) groups excluding carboxylic acids is 1. The zero-order valence-electron chi connectivity index (χ0n) is 9.70. The van der Waals surface area contributed by atoms with Crippen LogP contribution in [0.15, 0.2) is 16.7 Å². The van der Waals surface area contributed by atoms with E-state index in [1.165, 1.54) is 6.26 Å². The molecule has 1 aromatic rings. The molecule has 16 heavy (non-hydrogen) atoms. The highest BCUT2D eigenvalue weighted by atomic mass is 35.5. The quantitative estimate of drug-likeness (QED) is 0.745. The Morgan fingerprint density at radius 2 is 2.38 bits per heavy atom. The highest BCUT2D eigenvalue weighted by molar-refractivity contribution is 6.21. The highest BCUT2D eigenvalue weighted by Gasteiger charge is 2.16. The second-order valence-electron chi connectivity index (χ2n) is 3.68. The molecule has 1 aromatic heterocycles. The van der Waals surface area contributed by atoms with Gasteiger partial charge in [-0.1, -0.05) is 0 Å². The number of halogens is 1. The van der Waals surface area contributed by atoms with Crippen molar-refractivity contribution in [2.24, 2.45) is 0 Å². The fourth-order valence-electron chi connectivity index (χ4n) is 1.39. The lowest BCUT2D eigenvalue weighted by atomic mass is 10.2. The molecule has 4 nitrogen and oxygen atoms in total. The maximum absolute atomic E-state index is 11.9. The summed E-state index contributed by atoms with van der Waals surface area (Å²) >= 11 is 5.97. The zero-order valence-corrected chi connectivity index (χ0v) is 10.5. The van der Waals surface area contributed by atoms with Crippen molar-refractivity contribution in [2.75, 3.05) is 27.3 Å². The summed E-state index contributed by atoms with van der Waals surface area (Å²) in [7, 11) is 3.28. The molecule has 0 fully saturated rings. The largest absolute Gasteiger partial charge is 0.469 e. The van der Waals surface area contributed by atoms with Gasteiger partial charge in [-0.15, -0.1) is 11.6 Å². The molecular weight excluding hydrogens is 230 g/mol. The summed E-state index contributed by atoms with van der Waals surface area (Å²) in [4.78, 5) is 13.4. The van der Waals surface area contributed by atoms with Crippen molar-refractivity contribution < 1.29 is 13.9 Å². The van der Waals surface area contributed by atoms with Crippen molar-refractivity contribution in [2.45, 2.75) is 12.3 Å².